The Hall–Kier alpha value is -1.22. The van der Waals surface area contributed by atoms with Gasteiger partial charge in [0.15, 0.2) is 5.78 Å². The molecule has 0 aliphatic carbocycles. The fourth-order valence-corrected chi connectivity index (χ4v) is 0.857. The first-order valence-corrected chi connectivity index (χ1v) is 3.99. The van der Waals surface area contributed by atoms with Crippen molar-refractivity contribution in [2.24, 2.45) is 0 Å². The second-order valence-corrected chi connectivity index (χ2v) is 2.42. The van der Waals surface area contributed by atoms with Gasteiger partial charge in [-0.2, -0.15) is 0 Å². The Morgan fingerprint density at radius 3 is 3.00 bits per heavy atom. The molecule has 1 aromatic heterocycles. The molecule has 0 saturated heterocycles. The molecule has 1 aromatic rings. The van der Waals surface area contributed by atoms with Gasteiger partial charge in [0.25, 0.3) is 0 Å². The van der Waals surface area contributed by atoms with Crippen LogP contribution >= 0.6 is 0 Å². The molecule has 12 heavy (non-hydrogen) atoms. The second kappa shape index (κ2) is 4.62. The maximum absolute atomic E-state index is 11.3. The predicted molar refractivity (Wildman–Crippen MR) is 47.1 cm³/mol. The van der Waals surface area contributed by atoms with E-state index in [-0.39, 0.29) is 5.78 Å². The van der Waals surface area contributed by atoms with Gasteiger partial charge in [0.2, 0.25) is 0 Å². The topological polar surface area (TPSA) is 42.0 Å². The molecule has 0 aliphatic heterocycles. The van der Waals surface area contributed by atoms with Gasteiger partial charge in [0.05, 0.1) is 6.54 Å². The van der Waals surface area contributed by atoms with Crippen LogP contribution in [-0.2, 0) is 0 Å². The van der Waals surface area contributed by atoms with Crippen molar-refractivity contribution in [3.63, 3.8) is 0 Å². The van der Waals surface area contributed by atoms with Crippen molar-refractivity contribution in [3.8, 4) is 0 Å². The lowest BCUT2D eigenvalue weighted by Gasteiger charge is -1.99. The Labute approximate surface area is 71.8 Å². The highest BCUT2D eigenvalue weighted by Gasteiger charge is 2.03. The van der Waals surface area contributed by atoms with Crippen LogP contribution in [0.15, 0.2) is 24.4 Å². The van der Waals surface area contributed by atoms with Gasteiger partial charge in [-0.15, -0.1) is 0 Å². The summed E-state index contributed by atoms with van der Waals surface area (Å²) in [4.78, 5) is 15.2. The van der Waals surface area contributed by atoms with Crippen LogP contribution in [-0.4, -0.2) is 23.9 Å². The van der Waals surface area contributed by atoms with Gasteiger partial charge in [-0.1, -0.05) is 13.0 Å². The number of hydrogen-bond acceptors (Lipinski definition) is 3. The number of likely N-dealkylation sites (N-methyl/N-ethyl adjacent to an activating group) is 1. The quantitative estimate of drug-likeness (QED) is 0.671. The summed E-state index contributed by atoms with van der Waals surface area (Å²) >= 11 is 0. The Morgan fingerprint density at radius 2 is 2.42 bits per heavy atom. The Bertz CT molecular complexity index is 246. The van der Waals surface area contributed by atoms with E-state index in [2.05, 4.69) is 10.3 Å². The van der Waals surface area contributed by atoms with Crippen LogP contribution in [0.4, 0.5) is 0 Å². The number of carbonyl (C=O) groups is 1. The molecule has 0 aliphatic rings. The molecule has 0 aromatic carbocycles. The molecule has 1 heterocycles. The minimum atomic E-state index is 0.0393. The average Bonchev–Trinajstić information content (AvgIpc) is 2.15. The van der Waals surface area contributed by atoms with Crippen molar-refractivity contribution in [2.75, 3.05) is 13.1 Å². The number of nitrogens with zero attached hydrogens (tertiary/aromatic N) is 1. The smallest absolute Gasteiger partial charge is 0.194 e. The van der Waals surface area contributed by atoms with Crippen LogP contribution in [0.2, 0.25) is 0 Å². The molecule has 3 heteroatoms. The lowest BCUT2D eigenvalue weighted by Crippen LogP contribution is -2.23. The molecule has 0 unspecified atom stereocenters. The normalized spacial score (nSPS) is 9.75. The van der Waals surface area contributed by atoms with Gasteiger partial charge in [-0.05, 0) is 18.7 Å². The lowest BCUT2D eigenvalue weighted by atomic mass is 10.2. The number of ketones is 1. The monoisotopic (exact) mass is 164 g/mol. The number of nitrogens with one attached hydrogen (secondary N) is 1. The number of carbonyl (C=O) groups excluding carboxylic acids is 1. The van der Waals surface area contributed by atoms with Crippen molar-refractivity contribution in [2.45, 2.75) is 6.92 Å². The second-order valence-electron chi connectivity index (χ2n) is 2.42. The molecule has 0 atom stereocenters. The first kappa shape index (κ1) is 8.87. The first-order valence-electron chi connectivity index (χ1n) is 3.99. The van der Waals surface area contributed by atoms with E-state index in [1.54, 1.807) is 18.3 Å². The minimum absolute atomic E-state index is 0.0393. The van der Waals surface area contributed by atoms with Gasteiger partial charge in [0, 0.05) is 6.20 Å². The number of aromatic nitrogens is 1. The zero-order chi connectivity index (χ0) is 8.81. The molecule has 0 saturated carbocycles. The first-order chi connectivity index (χ1) is 5.84. The largest absolute Gasteiger partial charge is 0.310 e. The van der Waals surface area contributed by atoms with Crippen LogP contribution in [0.1, 0.15) is 17.4 Å². The molecule has 3 nitrogen and oxygen atoms in total. The number of pyridine rings is 1. The molecule has 0 radical (unpaired) electrons. The van der Waals surface area contributed by atoms with Crippen molar-refractivity contribution in [3.05, 3.63) is 30.1 Å². The van der Waals surface area contributed by atoms with E-state index in [9.17, 15) is 4.79 Å². The Morgan fingerprint density at radius 1 is 1.58 bits per heavy atom. The standard InChI is InChI=1S/C9H12N2O/c1-2-10-7-9(12)8-5-3-4-6-11-8/h3-6,10H,2,7H2,1H3. The molecular formula is C9H12N2O. The van der Waals surface area contributed by atoms with Crippen molar-refractivity contribution in [1.29, 1.82) is 0 Å². The summed E-state index contributed by atoms with van der Waals surface area (Å²) in [5.41, 5.74) is 0.526. The molecule has 64 valence electrons. The highest BCUT2D eigenvalue weighted by Crippen LogP contribution is 1.93. The van der Waals surface area contributed by atoms with Gasteiger partial charge in [0.1, 0.15) is 5.69 Å². The van der Waals surface area contributed by atoms with Crippen molar-refractivity contribution >= 4 is 5.78 Å². The summed E-state index contributed by atoms with van der Waals surface area (Å²) in [6.07, 6.45) is 1.62. The summed E-state index contributed by atoms with van der Waals surface area (Å²) in [7, 11) is 0. The van der Waals surface area contributed by atoms with Crippen LogP contribution in [0.25, 0.3) is 0 Å². The molecule has 0 amide bonds. The summed E-state index contributed by atoms with van der Waals surface area (Å²) < 4.78 is 0. The van der Waals surface area contributed by atoms with Gasteiger partial charge in [-0.25, -0.2) is 0 Å². The van der Waals surface area contributed by atoms with Crippen LogP contribution in [0.5, 0.6) is 0 Å². The van der Waals surface area contributed by atoms with Crippen LogP contribution in [0.3, 0.4) is 0 Å². The number of Topliss-reactive ketones (excluding diaryl/α,β-unsaturated/α-hetero) is 1. The van der Waals surface area contributed by atoms with E-state index < -0.39 is 0 Å². The molecule has 0 spiro atoms. The minimum Gasteiger partial charge on any atom is -0.310 e. The Kier molecular flexibility index (Phi) is 3.41. The average molecular weight is 164 g/mol. The van der Waals surface area contributed by atoms with Gasteiger partial charge < -0.3 is 5.32 Å². The summed E-state index contributed by atoms with van der Waals surface area (Å²) in [5, 5.41) is 2.96. The molecule has 1 rings (SSSR count). The maximum atomic E-state index is 11.3. The highest BCUT2D eigenvalue weighted by molar-refractivity contribution is 5.95. The third-order valence-electron chi connectivity index (χ3n) is 1.49. The van der Waals surface area contributed by atoms with Crippen molar-refractivity contribution < 1.29 is 4.79 Å². The summed E-state index contributed by atoms with van der Waals surface area (Å²) in [5.74, 6) is 0.0393. The van der Waals surface area contributed by atoms with E-state index in [0.29, 0.717) is 12.2 Å². The highest BCUT2D eigenvalue weighted by atomic mass is 16.1. The SMILES string of the molecule is CCNCC(=O)c1ccccn1. The predicted octanol–water partition coefficient (Wildman–Crippen LogP) is 0.874. The van der Waals surface area contributed by atoms with E-state index in [0.717, 1.165) is 6.54 Å². The fraction of sp³-hybridized carbons (Fsp3) is 0.333. The zero-order valence-corrected chi connectivity index (χ0v) is 7.08. The molecule has 1 N–H and O–H groups in total. The van der Waals surface area contributed by atoms with E-state index >= 15 is 0 Å². The van der Waals surface area contributed by atoms with Crippen molar-refractivity contribution in [1.82, 2.24) is 10.3 Å². The fourth-order valence-electron chi connectivity index (χ4n) is 0.857. The zero-order valence-electron chi connectivity index (χ0n) is 7.08. The molecular weight excluding hydrogens is 152 g/mol. The maximum Gasteiger partial charge on any atom is 0.194 e. The number of hydrogen-bond donors (Lipinski definition) is 1. The lowest BCUT2D eigenvalue weighted by molar-refractivity contribution is 0.0987. The van der Waals surface area contributed by atoms with Crippen LogP contribution < -0.4 is 5.32 Å². The molecule has 0 bridgehead atoms. The van der Waals surface area contributed by atoms with E-state index in [4.69, 9.17) is 0 Å². The number of rotatable bonds is 4. The summed E-state index contributed by atoms with van der Waals surface area (Å²) in [6, 6.07) is 5.33. The molecule has 0 fully saturated rings. The van der Waals surface area contributed by atoms with Gasteiger partial charge in [-0.3, -0.25) is 9.78 Å². The Balaban J connectivity index is 2.54. The van der Waals surface area contributed by atoms with E-state index in [1.807, 2.05) is 13.0 Å². The van der Waals surface area contributed by atoms with Gasteiger partial charge >= 0.3 is 0 Å². The van der Waals surface area contributed by atoms with Crippen LogP contribution in [0, 0.1) is 0 Å². The third kappa shape index (κ3) is 2.43. The third-order valence-corrected chi connectivity index (χ3v) is 1.49. The summed E-state index contributed by atoms with van der Waals surface area (Å²) in [6.45, 7) is 3.14. The van der Waals surface area contributed by atoms with E-state index in [1.165, 1.54) is 0 Å².